The minimum absolute atomic E-state index is 0.176. The van der Waals surface area contributed by atoms with E-state index < -0.39 is 5.91 Å². The Morgan fingerprint density at radius 2 is 1.90 bits per heavy atom. The van der Waals surface area contributed by atoms with Crippen LogP contribution in [0.15, 0.2) is 86.8 Å². The summed E-state index contributed by atoms with van der Waals surface area (Å²) >= 11 is 3.42. The zero-order valence-corrected chi connectivity index (χ0v) is 17.2. The third-order valence-corrected chi connectivity index (χ3v) is 4.79. The van der Waals surface area contributed by atoms with Crippen LogP contribution < -0.4 is 10.2 Å². The maximum absolute atomic E-state index is 13.0. The van der Waals surface area contributed by atoms with Crippen molar-refractivity contribution < 1.29 is 18.3 Å². The lowest BCUT2D eigenvalue weighted by Gasteiger charge is -2.09. The number of hydrazone groups is 1. The minimum atomic E-state index is -0.453. The lowest BCUT2D eigenvalue weighted by atomic mass is 10.2. The molecule has 0 aliphatic rings. The number of carbonyl (C=O) groups is 1. The van der Waals surface area contributed by atoms with Gasteiger partial charge in [-0.1, -0.05) is 46.3 Å². The lowest BCUT2D eigenvalue weighted by molar-refractivity contribution is 0.0929. The van der Waals surface area contributed by atoms with Gasteiger partial charge in [-0.15, -0.1) is 0 Å². The molecule has 30 heavy (non-hydrogen) atoms. The first-order valence-corrected chi connectivity index (χ1v) is 9.86. The number of carbonyl (C=O) groups excluding carboxylic acids is 1. The van der Waals surface area contributed by atoms with E-state index in [1.54, 1.807) is 30.3 Å². The smallest absolute Gasteiger partial charge is 0.307 e. The van der Waals surface area contributed by atoms with E-state index in [0.29, 0.717) is 16.9 Å². The molecule has 0 saturated carbocycles. The van der Waals surface area contributed by atoms with Gasteiger partial charge in [0.15, 0.2) is 5.76 Å². The van der Waals surface area contributed by atoms with Gasteiger partial charge >= 0.3 is 5.91 Å². The van der Waals surface area contributed by atoms with Crippen molar-refractivity contribution in [2.24, 2.45) is 5.10 Å². The molecule has 1 N–H and O–H groups in total. The molecule has 0 bridgehead atoms. The van der Waals surface area contributed by atoms with E-state index in [2.05, 4.69) is 26.5 Å². The lowest BCUT2D eigenvalue weighted by Crippen LogP contribution is -2.16. The highest BCUT2D eigenvalue weighted by Crippen LogP contribution is 2.23. The summed E-state index contributed by atoms with van der Waals surface area (Å²) in [5.74, 6) is 0.00118. The molecule has 1 heterocycles. The normalized spacial score (nSPS) is 11.1. The molecule has 5 nitrogen and oxygen atoms in total. The summed E-state index contributed by atoms with van der Waals surface area (Å²) in [4.78, 5) is 12.3. The number of furan rings is 1. The molecule has 7 heteroatoms. The first-order chi connectivity index (χ1) is 14.6. The van der Waals surface area contributed by atoms with Gasteiger partial charge in [0.1, 0.15) is 23.8 Å². The molecule has 0 radical (unpaired) electrons. The summed E-state index contributed by atoms with van der Waals surface area (Å²) in [6.45, 7) is 0.272. The van der Waals surface area contributed by atoms with Crippen LogP contribution in [0.2, 0.25) is 0 Å². The maximum atomic E-state index is 13.0. The molecule has 0 aliphatic heterocycles. The third-order valence-electron chi connectivity index (χ3n) is 4.30. The molecule has 3 aromatic carbocycles. The highest BCUT2D eigenvalue weighted by Gasteiger charge is 2.11. The Morgan fingerprint density at radius 1 is 1.10 bits per heavy atom. The number of hydrogen-bond acceptors (Lipinski definition) is 4. The van der Waals surface area contributed by atoms with Crippen molar-refractivity contribution in [2.45, 2.75) is 6.61 Å². The average molecular weight is 467 g/mol. The van der Waals surface area contributed by atoms with E-state index in [1.165, 1.54) is 18.3 Å². The van der Waals surface area contributed by atoms with Gasteiger partial charge in [-0.2, -0.15) is 5.10 Å². The Morgan fingerprint density at radius 3 is 2.70 bits per heavy atom. The van der Waals surface area contributed by atoms with Crippen molar-refractivity contribution >= 4 is 39.0 Å². The second-order valence-electron chi connectivity index (χ2n) is 6.44. The predicted octanol–water partition coefficient (Wildman–Crippen LogP) is 5.68. The Kier molecular flexibility index (Phi) is 5.90. The second-order valence-corrected chi connectivity index (χ2v) is 7.36. The van der Waals surface area contributed by atoms with Gasteiger partial charge in [0.05, 0.1) is 6.21 Å². The molecule has 4 rings (SSSR count). The fraction of sp³-hybridized carbons (Fsp3) is 0.0435. The third kappa shape index (κ3) is 4.75. The average Bonchev–Trinajstić information content (AvgIpc) is 3.19. The van der Waals surface area contributed by atoms with Crippen molar-refractivity contribution in [3.8, 4) is 5.75 Å². The maximum Gasteiger partial charge on any atom is 0.307 e. The van der Waals surface area contributed by atoms with Crippen molar-refractivity contribution in [3.63, 3.8) is 0 Å². The van der Waals surface area contributed by atoms with Crippen molar-refractivity contribution in [3.05, 3.63) is 100.0 Å². The number of hydrogen-bond donors (Lipinski definition) is 1. The van der Waals surface area contributed by atoms with Crippen LogP contribution in [0.4, 0.5) is 4.39 Å². The zero-order valence-electron chi connectivity index (χ0n) is 15.6. The molecule has 4 aromatic rings. The van der Waals surface area contributed by atoms with Gasteiger partial charge < -0.3 is 9.15 Å². The molecule has 0 aliphatic carbocycles. The first-order valence-electron chi connectivity index (χ1n) is 9.07. The summed E-state index contributed by atoms with van der Waals surface area (Å²) in [6, 6.07) is 20.6. The molecule has 1 aromatic heterocycles. The summed E-state index contributed by atoms with van der Waals surface area (Å²) in [5.41, 5.74) is 4.59. The van der Waals surface area contributed by atoms with E-state index in [1.807, 2.05) is 30.3 Å². The van der Waals surface area contributed by atoms with E-state index in [9.17, 15) is 9.18 Å². The largest absolute Gasteiger partial charge is 0.488 e. The molecule has 0 fully saturated rings. The van der Waals surface area contributed by atoms with Crippen LogP contribution in [-0.2, 0) is 6.61 Å². The van der Waals surface area contributed by atoms with Crippen LogP contribution >= 0.6 is 15.9 Å². The van der Waals surface area contributed by atoms with Crippen molar-refractivity contribution in [1.82, 2.24) is 5.43 Å². The van der Waals surface area contributed by atoms with E-state index >= 15 is 0 Å². The Hall–Kier alpha value is -3.45. The Balaban J connectivity index is 1.45. The molecular weight excluding hydrogens is 451 g/mol. The number of nitrogens with one attached hydrogen (secondary N) is 1. The SMILES string of the molecule is O=C(N/N=C/c1cc(Br)ccc1OCc1ccc(F)cc1)c1cc2ccccc2o1. The van der Waals surface area contributed by atoms with Crippen LogP contribution in [0, 0.1) is 5.82 Å². The highest BCUT2D eigenvalue weighted by molar-refractivity contribution is 9.10. The van der Waals surface area contributed by atoms with Gasteiger partial charge in [0.2, 0.25) is 0 Å². The van der Waals surface area contributed by atoms with Crippen molar-refractivity contribution in [2.75, 3.05) is 0 Å². The first kappa shape index (κ1) is 19.8. The molecule has 0 unspecified atom stereocenters. The number of nitrogens with zero attached hydrogens (tertiary/aromatic N) is 1. The molecule has 0 spiro atoms. The standard InChI is InChI=1S/C23H16BrFN2O3/c24-18-7-10-20(29-14-15-5-8-19(25)9-6-15)17(11-18)13-26-27-23(28)22-12-16-3-1-2-4-21(16)30-22/h1-13H,14H2,(H,27,28)/b26-13+. The van der Waals surface area contributed by atoms with E-state index in [-0.39, 0.29) is 18.2 Å². The predicted molar refractivity (Wildman–Crippen MR) is 116 cm³/mol. The molecule has 150 valence electrons. The second kappa shape index (κ2) is 8.92. The Bertz CT molecular complexity index is 1190. The fourth-order valence-electron chi connectivity index (χ4n) is 2.80. The molecule has 1 amide bonds. The summed E-state index contributed by atoms with van der Waals surface area (Å²) in [7, 11) is 0. The number of para-hydroxylation sites is 1. The zero-order chi connectivity index (χ0) is 20.9. The van der Waals surface area contributed by atoms with Gasteiger partial charge in [-0.05, 0) is 48.0 Å². The van der Waals surface area contributed by atoms with Gasteiger partial charge in [-0.3, -0.25) is 4.79 Å². The number of fused-ring (bicyclic) bond motifs is 1. The van der Waals surface area contributed by atoms with E-state index in [0.717, 1.165) is 15.4 Å². The molecular formula is C23H16BrFN2O3. The highest BCUT2D eigenvalue weighted by atomic mass is 79.9. The monoisotopic (exact) mass is 466 g/mol. The summed E-state index contributed by atoms with van der Waals surface area (Å²) < 4.78 is 25.2. The number of halogens is 2. The van der Waals surface area contributed by atoms with Gasteiger partial charge in [-0.25, -0.2) is 9.82 Å². The van der Waals surface area contributed by atoms with Crippen LogP contribution in [0.3, 0.4) is 0 Å². The quantitative estimate of drug-likeness (QED) is 0.293. The number of amides is 1. The van der Waals surface area contributed by atoms with E-state index in [4.69, 9.17) is 9.15 Å². The molecule has 0 saturated heterocycles. The van der Waals surface area contributed by atoms with Crippen LogP contribution in [0.5, 0.6) is 5.75 Å². The molecule has 0 atom stereocenters. The summed E-state index contributed by atoms with van der Waals surface area (Å²) in [5, 5.41) is 4.86. The topological polar surface area (TPSA) is 63.8 Å². The van der Waals surface area contributed by atoms with Gasteiger partial charge in [0.25, 0.3) is 0 Å². The van der Waals surface area contributed by atoms with Crippen molar-refractivity contribution in [1.29, 1.82) is 0 Å². The summed E-state index contributed by atoms with van der Waals surface area (Å²) in [6.07, 6.45) is 1.49. The van der Waals surface area contributed by atoms with Crippen LogP contribution in [0.1, 0.15) is 21.7 Å². The minimum Gasteiger partial charge on any atom is -0.488 e. The number of benzene rings is 3. The number of ether oxygens (including phenoxy) is 1. The van der Waals surface area contributed by atoms with Crippen LogP contribution in [0.25, 0.3) is 11.0 Å². The van der Waals surface area contributed by atoms with Crippen LogP contribution in [-0.4, -0.2) is 12.1 Å². The van der Waals surface area contributed by atoms with Gasteiger partial charge in [0, 0.05) is 15.4 Å². The fourth-order valence-corrected chi connectivity index (χ4v) is 3.18. The Labute approximate surface area is 180 Å². The number of rotatable bonds is 6.